The Kier molecular flexibility index (Phi) is 3.50. The lowest BCUT2D eigenvalue weighted by Crippen LogP contribution is -2.10. The minimum atomic E-state index is 0.106. The van der Waals surface area contributed by atoms with Crippen molar-refractivity contribution in [1.29, 1.82) is 0 Å². The molecule has 0 saturated heterocycles. The second-order valence-electron chi connectivity index (χ2n) is 6.28. The summed E-state index contributed by atoms with van der Waals surface area (Å²) in [7, 11) is 0. The summed E-state index contributed by atoms with van der Waals surface area (Å²) in [5.74, 6) is 1.17. The van der Waals surface area contributed by atoms with Gasteiger partial charge in [0.2, 0.25) is 5.89 Å². The molecule has 1 aromatic heterocycles. The maximum Gasteiger partial charge on any atom is 0.227 e. The zero-order valence-corrected chi connectivity index (χ0v) is 13.2. The fraction of sp³-hybridized carbons (Fsp3) is 0.278. The molecular formula is C18H18ClNO. The summed E-state index contributed by atoms with van der Waals surface area (Å²) in [5.41, 5.74) is 5.14. The average Bonchev–Trinajstić information content (AvgIpc) is 2.89. The topological polar surface area (TPSA) is 26.0 Å². The summed E-state index contributed by atoms with van der Waals surface area (Å²) in [5, 5.41) is 0. The molecule has 0 saturated carbocycles. The van der Waals surface area contributed by atoms with Crippen LogP contribution in [0.2, 0.25) is 0 Å². The Morgan fingerprint density at radius 2 is 1.76 bits per heavy atom. The Bertz CT molecular complexity index is 766. The van der Waals surface area contributed by atoms with Gasteiger partial charge in [0, 0.05) is 11.4 Å². The van der Waals surface area contributed by atoms with Gasteiger partial charge in [-0.1, -0.05) is 39.0 Å². The standard InChI is InChI=1S/C18H18ClNO/c1-18(2,3)14-8-9-16-15(10-14)20-17(21-16)13-6-4-12(11-19)5-7-13/h4-10H,11H2,1-3H3. The number of hydrogen-bond donors (Lipinski definition) is 0. The number of hydrogen-bond acceptors (Lipinski definition) is 2. The van der Waals surface area contributed by atoms with Gasteiger partial charge >= 0.3 is 0 Å². The van der Waals surface area contributed by atoms with Crippen molar-refractivity contribution < 1.29 is 4.42 Å². The predicted octanol–water partition coefficient (Wildman–Crippen LogP) is 5.53. The van der Waals surface area contributed by atoms with E-state index in [1.807, 2.05) is 30.3 Å². The van der Waals surface area contributed by atoms with E-state index in [4.69, 9.17) is 16.0 Å². The zero-order valence-electron chi connectivity index (χ0n) is 12.5. The van der Waals surface area contributed by atoms with Crippen LogP contribution in [-0.2, 0) is 11.3 Å². The van der Waals surface area contributed by atoms with E-state index < -0.39 is 0 Å². The molecular weight excluding hydrogens is 282 g/mol. The van der Waals surface area contributed by atoms with Crippen molar-refractivity contribution >= 4 is 22.7 Å². The normalized spacial score (nSPS) is 12.0. The Labute approximate surface area is 129 Å². The number of oxazole rings is 1. The molecule has 108 valence electrons. The SMILES string of the molecule is CC(C)(C)c1ccc2oc(-c3ccc(CCl)cc3)nc2c1. The van der Waals surface area contributed by atoms with Crippen LogP contribution in [0.1, 0.15) is 31.9 Å². The largest absolute Gasteiger partial charge is 0.436 e. The van der Waals surface area contributed by atoms with Gasteiger partial charge in [-0.25, -0.2) is 4.98 Å². The van der Waals surface area contributed by atoms with Crippen LogP contribution >= 0.6 is 11.6 Å². The van der Waals surface area contributed by atoms with Gasteiger partial charge in [0.15, 0.2) is 5.58 Å². The second-order valence-corrected chi connectivity index (χ2v) is 6.55. The Morgan fingerprint density at radius 1 is 1.05 bits per heavy atom. The Morgan fingerprint density at radius 3 is 2.38 bits per heavy atom. The van der Waals surface area contributed by atoms with Gasteiger partial charge in [0.1, 0.15) is 5.52 Å². The number of benzene rings is 2. The monoisotopic (exact) mass is 299 g/mol. The summed E-state index contributed by atoms with van der Waals surface area (Å²) in [6.45, 7) is 6.58. The molecule has 1 heterocycles. The van der Waals surface area contributed by atoms with Crippen LogP contribution in [0.3, 0.4) is 0 Å². The van der Waals surface area contributed by atoms with E-state index in [2.05, 4.69) is 37.9 Å². The fourth-order valence-corrected chi connectivity index (χ4v) is 2.43. The highest BCUT2D eigenvalue weighted by molar-refractivity contribution is 6.17. The molecule has 0 unspecified atom stereocenters. The molecule has 0 aliphatic rings. The van der Waals surface area contributed by atoms with Gasteiger partial charge in [-0.2, -0.15) is 0 Å². The van der Waals surface area contributed by atoms with Gasteiger partial charge in [-0.3, -0.25) is 0 Å². The Balaban J connectivity index is 2.04. The number of aromatic nitrogens is 1. The van der Waals surface area contributed by atoms with E-state index in [0.29, 0.717) is 11.8 Å². The summed E-state index contributed by atoms with van der Waals surface area (Å²) in [6.07, 6.45) is 0. The zero-order chi connectivity index (χ0) is 15.0. The van der Waals surface area contributed by atoms with E-state index in [0.717, 1.165) is 22.2 Å². The second kappa shape index (κ2) is 5.19. The van der Waals surface area contributed by atoms with Crippen molar-refractivity contribution in [3.05, 3.63) is 53.6 Å². The highest BCUT2D eigenvalue weighted by Gasteiger charge is 2.16. The van der Waals surface area contributed by atoms with Crippen molar-refractivity contribution in [3.8, 4) is 11.5 Å². The molecule has 21 heavy (non-hydrogen) atoms. The first-order chi connectivity index (χ1) is 9.97. The molecule has 3 heteroatoms. The van der Waals surface area contributed by atoms with Crippen LogP contribution in [0.4, 0.5) is 0 Å². The summed E-state index contributed by atoms with van der Waals surface area (Å²) < 4.78 is 5.85. The molecule has 0 fully saturated rings. The molecule has 0 spiro atoms. The van der Waals surface area contributed by atoms with E-state index in [9.17, 15) is 0 Å². The van der Waals surface area contributed by atoms with Crippen LogP contribution in [-0.4, -0.2) is 4.98 Å². The summed E-state index contributed by atoms with van der Waals surface area (Å²) in [4.78, 5) is 4.61. The van der Waals surface area contributed by atoms with E-state index >= 15 is 0 Å². The van der Waals surface area contributed by atoms with Crippen LogP contribution < -0.4 is 0 Å². The molecule has 0 aliphatic carbocycles. The molecule has 0 atom stereocenters. The molecule has 3 aromatic rings. The number of rotatable bonds is 2. The van der Waals surface area contributed by atoms with Crippen molar-refractivity contribution in [1.82, 2.24) is 4.98 Å². The average molecular weight is 300 g/mol. The maximum atomic E-state index is 5.85. The van der Waals surface area contributed by atoms with E-state index in [1.54, 1.807) is 0 Å². The number of alkyl halides is 1. The molecule has 0 radical (unpaired) electrons. The van der Waals surface area contributed by atoms with Gasteiger partial charge in [-0.05, 0) is 40.8 Å². The van der Waals surface area contributed by atoms with Crippen molar-refractivity contribution in [2.75, 3.05) is 0 Å². The molecule has 0 amide bonds. The minimum Gasteiger partial charge on any atom is -0.436 e. The third-order valence-electron chi connectivity index (χ3n) is 3.61. The predicted molar refractivity (Wildman–Crippen MR) is 87.7 cm³/mol. The van der Waals surface area contributed by atoms with Crippen LogP contribution in [0.5, 0.6) is 0 Å². The highest BCUT2D eigenvalue weighted by Crippen LogP contribution is 2.29. The first-order valence-electron chi connectivity index (χ1n) is 7.04. The highest BCUT2D eigenvalue weighted by atomic mass is 35.5. The molecule has 0 aliphatic heterocycles. The van der Waals surface area contributed by atoms with Crippen molar-refractivity contribution in [3.63, 3.8) is 0 Å². The van der Waals surface area contributed by atoms with Crippen molar-refractivity contribution in [2.24, 2.45) is 0 Å². The van der Waals surface area contributed by atoms with E-state index in [-0.39, 0.29) is 5.41 Å². The minimum absolute atomic E-state index is 0.106. The molecule has 2 aromatic carbocycles. The third kappa shape index (κ3) is 2.81. The summed E-state index contributed by atoms with van der Waals surface area (Å²) in [6, 6.07) is 14.2. The smallest absolute Gasteiger partial charge is 0.227 e. The van der Waals surface area contributed by atoms with Gasteiger partial charge in [0.05, 0.1) is 0 Å². The van der Waals surface area contributed by atoms with Crippen LogP contribution in [0.25, 0.3) is 22.6 Å². The first kappa shape index (κ1) is 14.2. The molecule has 3 rings (SSSR count). The van der Waals surface area contributed by atoms with Gasteiger partial charge in [-0.15, -0.1) is 11.6 Å². The van der Waals surface area contributed by atoms with E-state index in [1.165, 1.54) is 5.56 Å². The molecule has 2 nitrogen and oxygen atoms in total. The number of halogens is 1. The number of nitrogens with zero attached hydrogens (tertiary/aromatic N) is 1. The maximum absolute atomic E-state index is 5.85. The quantitative estimate of drug-likeness (QED) is 0.581. The van der Waals surface area contributed by atoms with Gasteiger partial charge in [0.25, 0.3) is 0 Å². The van der Waals surface area contributed by atoms with Crippen LogP contribution in [0.15, 0.2) is 46.9 Å². The molecule has 0 N–H and O–H groups in total. The van der Waals surface area contributed by atoms with Gasteiger partial charge < -0.3 is 4.42 Å². The van der Waals surface area contributed by atoms with Crippen molar-refractivity contribution in [2.45, 2.75) is 32.1 Å². The third-order valence-corrected chi connectivity index (χ3v) is 3.92. The first-order valence-corrected chi connectivity index (χ1v) is 7.57. The van der Waals surface area contributed by atoms with Crippen LogP contribution in [0, 0.1) is 0 Å². The lowest BCUT2D eigenvalue weighted by atomic mass is 9.87. The number of fused-ring (bicyclic) bond motifs is 1. The fourth-order valence-electron chi connectivity index (χ4n) is 2.25. The Hall–Kier alpha value is -1.80. The lowest BCUT2D eigenvalue weighted by molar-refractivity contribution is 0.590. The summed E-state index contributed by atoms with van der Waals surface area (Å²) >= 11 is 5.81. The lowest BCUT2D eigenvalue weighted by Gasteiger charge is -2.18. The molecule has 0 bridgehead atoms.